The number of para-hydroxylation sites is 1. The molecule has 0 saturated heterocycles. The van der Waals surface area contributed by atoms with E-state index in [2.05, 4.69) is 0 Å². The molecule has 0 bridgehead atoms. The fraction of sp³-hybridized carbons (Fsp3) is 0. The summed E-state index contributed by atoms with van der Waals surface area (Å²) in [7, 11) is 0. The van der Waals surface area contributed by atoms with Crippen LogP contribution in [-0.4, -0.2) is 18.0 Å². The molecule has 3 aromatic rings. The maximum absolute atomic E-state index is 12.8. The van der Waals surface area contributed by atoms with Crippen LogP contribution in [0.1, 0.15) is 36.6 Å². The molecule has 4 heteroatoms. The summed E-state index contributed by atoms with van der Waals surface area (Å²) in [5, 5.41) is 0. The van der Waals surface area contributed by atoms with Crippen LogP contribution in [0.25, 0.3) is 0 Å². The Labute approximate surface area is 144 Å². The van der Waals surface area contributed by atoms with Gasteiger partial charge in [-0.2, -0.15) is 0 Å². The van der Waals surface area contributed by atoms with Crippen LogP contribution in [0, 0.1) is 0 Å². The Morgan fingerprint density at radius 2 is 1.32 bits per heavy atom. The predicted octanol–water partition coefficient (Wildman–Crippen LogP) is 3.95. The van der Waals surface area contributed by atoms with E-state index < -0.39 is 5.97 Å². The van der Waals surface area contributed by atoms with Crippen LogP contribution in [0.3, 0.4) is 0 Å². The molecule has 0 N–H and O–H groups in total. The second kappa shape index (κ2) is 7.36. The first-order chi connectivity index (χ1) is 12.2. The smallest absolute Gasteiger partial charge is 0.343 e. The van der Waals surface area contributed by atoms with Crippen LogP contribution < -0.4 is 4.74 Å². The molecule has 0 aromatic heterocycles. The highest BCUT2D eigenvalue weighted by Gasteiger charge is 2.19. The topological polar surface area (TPSA) is 60.4 Å². The maximum Gasteiger partial charge on any atom is 0.343 e. The predicted molar refractivity (Wildman–Crippen MR) is 93.1 cm³/mol. The number of benzene rings is 3. The van der Waals surface area contributed by atoms with Crippen molar-refractivity contribution in [2.75, 3.05) is 0 Å². The van der Waals surface area contributed by atoms with E-state index in [4.69, 9.17) is 4.74 Å². The number of ketones is 1. The number of esters is 1. The molecule has 0 spiro atoms. The van der Waals surface area contributed by atoms with Gasteiger partial charge in [0.2, 0.25) is 0 Å². The molecule has 0 radical (unpaired) electrons. The van der Waals surface area contributed by atoms with Gasteiger partial charge in [0.1, 0.15) is 5.75 Å². The molecule has 122 valence electrons. The zero-order chi connectivity index (χ0) is 17.6. The SMILES string of the molecule is O=Cc1ccccc1C(=O)c1ccccc1OC(=O)c1ccccc1. The third kappa shape index (κ3) is 3.53. The second-order valence-electron chi connectivity index (χ2n) is 5.29. The summed E-state index contributed by atoms with van der Waals surface area (Å²) >= 11 is 0. The lowest BCUT2D eigenvalue weighted by molar-refractivity contribution is 0.0732. The van der Waals surface area contributed by atoms with Gasteiger partial charge in [-0.05, 0) is 24.3 Å². The number of carbonyl (C=O) groups is 3. The normalized spacial score (nSPS) is 10.1. The Hall–Kier alpha value is -3.53. The standard InChI is InChI=1S/C21H14O4/c22-14-16-10-4-5-11-17(16)20(23)18-12-6-7-13-19(18)25-21(24)15-8-2-1-3-9-15/h1-14H. The quantitative estimate of drug-likeness (QED) is 0.308. The Bertz CT molecular complexity index is 929. The molecule has 0 atom stereocenters. The van der Waals surface area contributed by atoms with Crippen molar-refractivity contribution in [1.29, 1.82) is 0 Å². The number of carbonyl (C=O) groups excluding carboxylic acids is 3. The molecule has 0 fully saturated rings. The highest BCUT2D eigenvalue weighted by atomic mass is 16.5. The van der Waals surface area contributed by atoms with Crippen molar-refractivity contribution in [3.63, 3.8) is 0 Å². The summed E-state index contributed by atoms with van der Waals surface area (Å²) in [5.74, 6) is -0.772. The van der Waals surface area contributed by atoms with Crippen LogP contribution in [-0.2, 0) is 0 Å². The van der Waals surface area contributed by atoms with E-state index in [1.807, 2.05) is 0 Å². The molecule has 0 unspecified atom stereocenters. The van der Waals surface area contributed by atoms with E-state index in [0.717, 1.165) is 0 Å². The highest BCUT2D eigenvalue weighted by Crippen LogP contribution is 2.23. The Morgan fingerprint density at radius 3 is 2.04 bits per heavy atom. The molecule has 3 rings (SSSR count). The van der Waals surface area contributed by atoms with Crippen molar-refractivity contribution in [3.05, 3.63) is 101 Å². The van der Waals surface area contributed by atoms with Gasteiger partial charge in [-0.3, -0.25) is 9.59 Å². The third-order valence-corrected chi connectivity index (χ3v) is 3.68. The van der Waals surface area contributed by atoms with E-state index in [9.17, 15) is 14.4 Å². The molecule has 3 aromatic carbocycles. The minimum Gasteiger partial charge on any atom is -0.422 e. The van der Waals surface area contributed by atoms with Gasteiger partial charge in [0.15, 0.2) is 12.1 Å². The Kier molecular flexibility index (Phi) is 4.81. The van der Waals surface area contributed by atoms with Crippen LogP contribution in [0.15, 0.2) is 78.9 Å². The van der Waals surface area contributed by atoms with Gasteiger partial charge >= 0.3 is 5.97 Å². The summed E-state index contributed by atoms with van der Waals surface area (Å²) in [6.45, 7) is 0. The summed E-state index contributed by atoms with van der Waals surface area (Å²) < 4.78 is 5.40. The molecule has 25 heavy (non-hydrogen) atoms. The zero-order valence-electron chi connectivity index (χ0n) is 13.2. The fourth-order valence-electron chi connectivity index (χ4n) is 2.43. The van der Waals surface area contributed by atoms with E-state index in [1.165, 1.54) is 0 Å². The summed E-state index contributed by atoms with van der Waals surface area (Å²) in [4.78, 5) is 36.2. The van der Waals surface area contributed by atoms with Gasteiger partial charge in [0.05, 0.1) is 11.1 Å². The van der Waals surface area contributed by atoms with Gasteiger partial charge in [-0.15, -0.1) is 0 Å². The number of hydrogen-bond acceptors (Lipinski definition) is 4. The molecular weight excluding hydrogens is 316 g/mol. The lowest BCUT2D eigenvalue weighted by atomic mass is 9.98. The molecule has 0 aliphatic rings. The number of aldehydes is 1. The van der Waals surface area contributed by atoms with Gasteiger partial charge < -0.3 is 4.74 Å². The van der Waals surface area contributed by atoms with E-state index in [0.29, 0.717) is 11.8 Å². The molecule has 0 aliphatic heterocycles. The number of rotatable bonds is 5. The minimum atomic E-state index is -0.551. The first-order valence-corrected chi connectivity index (χ1v) is 7.66. The van der Waals surface area contributed by atoms with E-state index in [1.54, 1.807) is 78.9 Å². The Morgan fingerprint density at radius 1 is 0.720 bits per heavy atom. The first-order valence-electron chi connectivity index (χ1n) is 7.66. The van der Waals surface area contributed by atoms with Crippen LogP contribution in [0.2, 0.25) is 0 Å². The molecule has 0 heterocycles. The molecular formula is C21H14O4. The number of ether oxygens (including phenoxy) is 1. The van der Waals surface area contributed by atoms with Gasteiger partial charge in [0.25, 0.3) is 0 Å². The third-order valence-electron chi connectivity index (χ3n) is 3.68. The van der Waals surface area contributed by atoms with Crippen molar-refractivity contribution in [2.45, 2.75) is 0 Å². The van der Waals surface area contributed by atoms with E-state index >= 15 is 0 Å². The monoisotopic (exact) mass is 330 g/mol. The van der Waals surface area contributed by atoms with Crippen molar-refractivity contribution in [3.8, 4) is 5.75 Å². The maximum atomic E-state index is 12.8. The lowest BCUT2D eigenvalue weighted by Gasteiger charge is -2.10. The largest absolute Gasteiger partial charge is 0.422 e. The average Bonchev–Trinajstić information content (AvgIpc) is 2.68. The van der Waals surface area contributed by atoms with Crippen LogP contribution in [0.5, 0.6) is 5.75 Å². The molecule has 0 aliphatic carbocycles. The minimum absolute atomic E-state index is 0.155. The van der Waals surface area contributed by atoms with Crippen molar-refractivity contribution in [1.82, 2.24) is 0 Å². The van der Waals surface area contributed by atoms with Gasteiger partial charge in [-0.25, -0.2) is 4.79 Å². The Balaban J connectivity index is 1.95. The highest BCUT2D eigenvalue weighted by molar-refractivity contribution is 6.14. The second-order valence-corrected chi connectivity index (χ2v) is 5.29. The first kappa shape index (κ1) is 16.3. The van der Waals surface area contributed by atoms with Gasteiger partial charge in [-0.1, -0.05) is 54.6 Å². The summed E-state index contributed by atoms with van der Waals surface area (Å²) in [6, 6.07) is 21.5. The molecule has 0 saturated carbocycles. The van der Waals surface area contributed by atoms with Crippen molar-refractivity contribution >= 4 is 18.0 Å². The average molecular weight is 330 g/mol. The molecule has 0 amide bonds. The van der Waals surface area contributed by atoms with Crippen LogP contribution in [0.4, 0.5) is 0 Å². The van der Waals surface area contributed by atoms with Crippen molar-refractivity contribution in [2.24, 2.45) is 0 Å². The lowest BCUT2D eigenvalue weighted by Crippen LogP contribution is -2.12. The number of hydrogen-bond donors (Lipinski definition) is 0. The van der Waals surface area contributed by atoms with E-state index in [-0.39, 0.29) is 28.2 Å². The summed E-state index contributed by atoms with van der Waals surface area (Å²) in [5.41, 5.74) is 1.16. The van der Waals surface area contributed by atoms with Crippen LogP contribution >= 0.6 is 0 Å². The summed E-state index contributed by atoms with van der Waals surface area (Å²) in [6.07, 6.45) is 0.631. The molecule has 4 nitrogen and oxygen atoms in total. The fourth-order valence-corrected chi connectivity index (χ4v) is 2.43. The van der Waals surface area contributed by atoms with Crippen molar-refractivity contribution < 1.29 is 19.1 Å². The van der Waals surface area contributed by atoms with Gasteiger partial charge in [0, 0.05) is 11.1 Å². The zero-order valence-corrected chi connectivity index (χ0v) is 13.2.